The fraction of sp³-hybridized carbons (Fsp3) is 0.429. The zero-order valence-corrected chi connectivity index (χ0v) is 11.9. The number of carbonyl (C=O) groups is 2. The minimum atomic E-state index is -0.564. The number of hydrogen-bond donors (Lipinski definition) is 2. The first kappa shape index (κ1) is 14.7. The van der Waals surface area contributed by atoms with Crippen LogP contribution in [0, 0.1) is 0 Å². The first-order chi connectivity index (χ1) is 9.58. The third kappa shape index (κ3) is 3.63. The number of nitrogens with zero attached hydrogens (tertiary/aromatic N) is 1. The monoisotopic (exact) mass is 295 g/mol. The maximum absolute atomic E-state index is 12.0. The fourth-order valence-electron chi connectivity index (χ4n) is 2.26. The van der Waals surface area contributed by atoms with Crippen molar-refractivity contribution >= 4 is 29.1 Å². The molecule has 0 spiro atoms. The highest BCUT2D eigenvalue weighted by Crippen LogP contribution is 2.20. The molecule has 0 radical (unpaired) electrons. The molecule has 108 valence electrons. The Balaban J connectivity index is 1.92. The number of piperidine rings is 1. The van der Waals surface area contributed by atoms with E-state index >= 15 is 0 Å². The molecule has 1 aromatic rings. The van der Waals surface area contributed by atoms with Gasteiger partial charge in [-0.1, -0.05) is 11.6 Å². The van der Waals surface area contributed by atoms with Gasteiger partial charge in [0.15, 0.2) is 0 Å². The van der Waals surface area contributed by atoms with Gasteiger partial charge in [-0.15, -0.1) is 0 Å². The molecule has 1 aliphatic heterocycles. The van der Waals surface area contributed by atoms with Gasteiger partial charge in [0.1, 0.15) is 0 Å². The zero-order chi connectivity index (χ0) is 14.5. The summed E-state index contributed by atoms with van der Waals surface area (Å²) in [7, 11) is 0. The summed E-state index contributed by atoms with van der Waals surface area (Å²) in [5, 5.41) is 3.31. The van der Waals surface area contributed by atoms with Gasteiger partial charge in [0.05, 0.1) is 17.1 Å². The Labute approximate surface area is 123 Å². The summed E-state index contributed by atoms with van der Waals surface area (Å²) in [5.41, 5.74) is 6.16. The lowest BCUT2D eigenvalue weighted by Gasteiger charge is -2.26. The third-order valence-electron chi connectivity index (χ3n) is 3.39. The summed E-state index contributed by atoms with van der Waals surface area (Å²) < 4.78 is 0. The predicted molar refractivity (Wildman–Crippen MR) is 78.9 cm³/mol. The number of halogens is 1. The van der Waals surface area contributed by atoms with Gasteiger partial charge in [-0.25, -0.2) is 0 Å². The zero-order valence-electron chi connectivity index (χ0n) is 11.2. The number of primary amides is 1. The number of amides is 2. The lowest BCUT2D eigenvalue weighted by molar-refractivity contribution is -0.130. The van der Waals surface area contributed by atoms with Crippen molar-refractivity contribution in [1.29, 1.82) is 0 Å². The normalized spacial score (nSPS) is 14.9. The van der Waals surface area contributed by atoms with Crippen LogP contribution in [0.25, 0.3) is 0 Å². The lowest BCUT2D eigenvalue weighted by atomic mass is 10.1. The molecule has 1 saturated heterocycles. The van der Waals surface area contributed by atoms with E-state index in [0.717, 1.165) is 25.9 Å². The SMILES string of the molecule is NC(=O)c1ccc(NCC(=O)N2CCCCC2)cc1Cl. The summed E-state index contributed by atoms with van der Waals surface area (Å²) in [5.74, 6) is -0.481. The van der Waals surface area contributed by atoms with E-state index in [0.29, 0.717) is 5.69 Å². The smallest absolute Gasteiger partial charge is 0.250 e. The maximum atomic E-state index is 12.0. The van der Waals surface area contributed by atoms with Gasteiger partial charge in [0.25, 0.3) is 0 Å². The predicted octanol–water partition coefficient (Wildman–Crippen LogP) is 1.86. The molecule has 1 fully saturated rings. The number of nitrogens with one attached hydrogen (secondary N) is 1. The van der Waals surface area contributed by atoms with E-state index in [2.05, 4.69) is 5.32 Å². The highest BCUT2D eigenvalue weighted by molar-refractivity contribution is 6.34. The molecule has 1 aromatic carbocycles. The minimum absolute atomic E-state index is 0.0831. The molecule has 0 saturated carbocycles. The van der Waals surface area contributed by atoms with Gasteiger partial charge in [-0.05, 0) is 37.5 Å². The van der Waals surface area contributed by atoms with Gasteiger partial charge in [0, 0.05) is 18.8 Å². The molecule has 1 heterocycles. The average molecular weight is 296 g/mol. The average Bonchev–Trinajstić information content (AvgIpc) is 2.45. The molecule has 0 unspecified atom stereocenters. The summed E-state index contributed by atoms with van der Waals surface area (Å²) >= 11 is 5.95. The number of nitrogens with two attached hydrogens (primary N) is 1. The summed E-state index contributed by atoms with van der Waals surface area (Å²) in [6.07, 6.45) is 3.34. The van der Waals surface area contributed by atoms with E-state index < -0.39 is 5.91 Å². The standard InChI is InChI=1S/C14H18ClN3O2/c15-12-8-10(4-5-11(12)14(16)20)17-9-13(19)18-6-2-1-3-7-18/h4-5,8,17H,1-3,6-7,9H2,(H2,16,20). The maximum Gasteiger partial charge on any atom is 0.250 e. The number of anilines is 1. The second kappa shape index (κ2) is 6.61. The topological polar surface area (TPSA) is 75.4 Å². The molecular weight excluding hydrogens is 278 g/mol. The molecular formula is C14H18ClN3O2. The Kier molecular flexibility index (Phi) is 4.84. The number of hydrogen-bond acceptors (Lipinski definition) is 3. The van der Waals surface area contributed by atoms with E-state index in [9.17, 15) is 9.59 Å². The molecule has 0 atom stereocenters. The Morgan fingerprint density at radius 2 is 1.95 bits per heavy atom. The van der Waals surface area contributed by atoms with Crippen LogP contribution in [0.5, 0.6) is 0 Å². The Hall–Kier alpha value is -1.75. The number of carbonyl (C=O) groups excluding carboxylic acids is 2. The fourth-order valence-corrected chi connectivity index (χ4v) is 2.53. The quantitative estimate of drug-likeness (QED) is 0.890. The molecule has 20 heavy (non-hydrogen) atoms. The van der Waals surface area contributed by atoms with Gasteiger partial charge >= 0.3 is 0 Å². The summed E-state index contributed by atoms with van der Waals surface area (Å²) in [4.78, 5) is 24.9. The van der Waals surface area contributed by atoms with Gasteiger partial charge in [0.2, 0.25) is 11.8 Å². The van der Waals surface area contributed by atoms with E-state index in [1.807, 2.05) is 4.90 Å². The van der Waals surface area contributed by atoms with Crippen molar-refractivity contribution in [2.45, 2.75) is 19.3 Å². The van der Waals surface area contributed by atoms with Crippen LogP contribution in [0.4, 0.5) is 5.69 Å². The molecule has 1 aliphatic rings. The number of benzene rings is 1. The first-order valence-electron chi connectivity index (χ1n) is 6.69. The van der Waals surface area contributed by atoms with Crippen molar-refractivity contribution in [3.8, 4) is 0 Å². The van der Waals surface area contributed by atoms with Crippen molar-refractivity contribution in [3.05, 3.63) is 28.8 Å². The Morgan fingerprint density at radius 1 is 1.25 bits per heavy atom. The van der Waals surface area contributed by atoms with Crippen LogP contribution in [0.3, 0.4) is 0 Å². The van der Waals surface area contributed by atoms with Crippen LogP contribution < -0.4 is 11.1 Å². The van der Waals surface area contributed by atoms with Crippen LogP contribution in [0.2, 0.25) is 5.02 Å². The van der Waals surface area contributed by atoms with Crippen molar-refractivity contribution in [1.82, 2.24) is 4.90 Å². The second-order valence-electron chi connectivity index (χ2n) is 4.85. The van der Waals surface area contributed by atoms with E-state index in [1.165, 1.54) is 6.42 Å². The van der Waals surface area contributed by atoms with Gasteiger partial charge in [-0.3, -0.25) is 9.59 Å². The molecule has 6 heteroatoms. The largest absolute Gasteiger partial charge is 0.376 e. The van der Waals surface area contributed by atoms with Crippen LogP contribution in [-0.4, -0.2) is 36.3 Å². The Morgan fingerprint density at radius 3 is 2.55 bits per heavy atom. The summed E-state index contributed by atoms with van der Waals surface area (Å²) in [6, 6.07) is 4.85. The van der Waals surface area contributed by atoms with Crippen molar-refractivity contribution in [3.63, 3.8) is 0 Å². The molecule has 0 aromatic heterocycles. The Bertz CT molecular complexity index is 513. The lowest BCUT2D eigenvalue weighted by Crippen LogP contribution is -2.39. The first-order valence-corrected chi connectivity index (χ1v) is 7.07. The van der Waals surface area contributed by atoms with Crippen LogP contribution in [-0.2, 0) is 4.79 Å². The van der Waals surface area contributed by atoms with E-state index in [1.54, 1.807) is 18.2 Å². The van der Waals surface area contributed by atoms with Crippen molar-refractivity contribution < 1.29 is 9.59 Å². The van der Waals surface area contributed by atoms with Crippen LogP contribution >= 0.6 is 11.6 Å². The van der Waals surface area contributed by atoms with Crippen molar-refractivity contribution in [2.75, 3.05) is 25.0 Å². The van der Waals surface area contributed by atoms with E-state index in [-0.39, 0.29) is 23.0 Å². The highest BCUT2D eigenvalue weighted by Gasteiger charge is 2.16. The third-order valence-corrected chi connectivity index (χ3v) is 3.70. The van der Waals surface area contributed by atoms with Crippen LogP contribution in [0.15, 0.2) is 18.2 Å². The minimum Gasteiger partial charge on any atom is -0.376 e. The molecule has 2 amide bonds. The highest BCUT2D eigenvalue weighted by atomic mass is 35.5. The number of rotatable bonds is 4. The molecule has 2 rings (SSSR count). The molecule has 0 bridgehead atoms. The van der Waals surface area contributed by atoms with Crippen molar-refractivity contribution in [2.24, 2.45) is 5.73 Å². The molecule has 5 nitrogen and oxygen atoms in total. The summed E-state index contributed by atoms with van der Waals surface area (Å²) in [6.45, 7) is 1.90. The van der Waals surface area contributed by atoms with Gasteiger partial charge in [-0.2, -0.15) is 0 Å². The van der Waals surface area contributed by atoms with Gasteiger partial charge < -0.3 is 16.0 Å². The second-order valence-corrected chi connectivity index (χ2v) is 5.26. The van der Waals surface area contributed by atoms with Crippen LogP contribution in [0.1, 0.15) is 29.6 Å². The molecule has 0 aliphatic carbocycles. The molecule has 3 N–H and O–H groups in total. The number of likely N-dealkylation sites (tertiary alicyclic amines) is 1. The van der Waals surface area contributed by atoms with E-state index in [4.69, 9.17) is 17.3 Å².